The monoisotopic (exact) mass is 258 g/mol. The maximum absolute atomic E-state index is 12.5. The van der Waals surface area contributed by atoms with Crippen LogP contribution in [-0.4, -0.2) is 14.5 Å². The van der Waals surface area contributed by atoms with Gasteiger partial charge in [-0.3, -0.25) is 9.48 Å². The summed E-state index contributed by atoms with van der Waals surface area (Å²) in [6.07, 6.45) is 2.00. The van der Waals surface area contributed by atoms with Crippen LogP contribution in [0.1, 0.15) is 24.0 Å². The first-order valence-electron chi connectivity index (χ1n) is 6.70. The summed E-state index contributed by atoms with van der Waals surface area (Å²) < 4.78 is 3.37. The third-order valence-corrected chi connectivity index (χ3v) is 3.85. The zero-order valence-corrected chi connectivity index (χ0v) is 11.3. The Bertz CT molecular complexity index is 695. The number of nitrogens with zero attached hydrogens (tertiary/aromatic N) is 2. The predicted molar refractivity (Wildman–Crippen MR) is 74.5 cm³/mol. The fourth-order valence-electron chi connectivity index (χ4n) is 2.88. The van der Waals surface area contributed by atoms with E-state index in [0.29, 0.717) is 18.7 Å². The Kier molecular flexibility index (Phi) is 2.73. The van der Waals surface area contributed by atoms with E-state index in [0.717, 1.165) is 29.5 Å². The number of rotatable bonds is 1. The summed E-state index contributed by atoms with van der Waals surface area (Å²) in [7, 11) is 0. The fraction of sp³-hybridized carbons (Fsp3) is 0.400. The van der Waals surface area contributed by atoms with Crippen LogP contribution in [0.5, 0.6) is 5.88 Å². The molecule has 0 radical (unpaired) electrons. The van der Waals surface area contributed by atoms with Gasteiger partial charge in [-0.05, 0) is 37.8 Å². The Morgan fingerprint density at radius 1 is 1.11 bits per heavy atom. The smallest absolute Gasteiger partial charge is 0.278 e. The van der Waals surface area contributed by atoms with Crippen LogP contribution in [-0.2, 0) is 13.1 Å². The van der Waals surface area contributed by atoms with Crippen molar-refractivity contribution < 1.29 is 5.11 Å². The Balaban J connectivity index is 2.26. The molecule has 4 nitrogen and oxygen atoms in total. The summed E-state index contributed by atoms with van der Waals surface area (Å²) in [5.41, 5.74) is 3.38. The van der Waals surface area contributed by atoms with E-state index in [1.165, 1.54) is 0 Å². The third kappa shape index (κ3) is 1.79. The van der Waals surface area contributed by atoms with Gasteiger partial charge in [-0.1, -0.05) is 23.8 Å². The molecule has 0 saturated heterocycles. The molecule has 3 rings (SSSR count). The van der Waals surface area contributed by atoms with Gasteiger partial charge in [0, 0.05) is 13.1 Å². The summed E-state index contributed by atoms with van der Waals surface area (Å²) in [6.45, 7) is 5.40. The van der Waals surface area contributed by atoms with Crippen LogP contribution in [0.15, 0.2) is 23.0 Å². The Morgan fingerprint density at radius 2 is 1.79 bits per heavy atom. The topological polar surface area (TPSA) is 47.2 Å². The average Bonchev–Trinajstić information content (AvgIpc) is 2.64. The normalized spacial score (nSPS) is 14.4. The van der Waals surface area contributed by atoms with E-state index in [-0.39, 0.29) is 11.4 Å². The van der Waals surface area contributed by atoms with Gasteiger partial charge in [-0.25, -0.2) is 4.68 Å². The lowest BCUT2D eigenvalue weighted by molar-refractivity contribution is 0.305. The zero-order chi connectivity index (χ0) is 13.6. The number of benzene rings is 1. The lowest BCUT2D eigenvalue weighted by Gasteiger charge is -2.16. The number of hydrogen-bond acceptors (Lipinski definition) is 2. The standard InChI is InChI=1S/C15H18N2O2/c1-10-5-6-12(11(2)9-10)13-14(18)16-7-3-4-8-17(16)15(13)19/h5-6,9,18H,3-4,7-8H2,1-2H3. The summed E-state index contributed by atoms with van der Waals surface area (Å²) in [4.78, 5) is 12.5. The van der Waals surface area contributed by atoms with Crippen LogP contribution in [0.2, 0.25) is 0 Å². The molecule has 0 unspecified atom stereocenters. The minimum Gasteiger partial charge on any atom is -0.493 e. The van der Waals surface area contributed by atoms with Gasteiger partial charge >= 0.3 is 0 Å². The number of aromatic nitrogens is 2. The van der Waals surface area contributed by atoms with Gasteiger partial charge in [0.05, 0.1) is 0 Å². The van der Waals surface area contributed by atoms with Crippen LogP contribution in [0.3, 0.4) is 0 Å². The Hall–Kier alpha value is -1.97. The van der Waals surface area contributed by atoms with Crippen molar-refractivity contribution in [2.45, 2.75) is 39.8 Å². The molecule has 100 valence electrons. The average molecular weight is 258 g/mol. The molecule has 1 aromatic heterocycles. The number of fused-ring (bicyclic) bond motifs is 1. The van der Waals surface area contributed by atoms with Gasteiger partial charge in [0.1, 0.15) is 5.56 Å². The number of aryl methyl sites for hydroxylation is 2. The predicted octanol–water partition coefficient (Wildman–Crippen LogP) is 2.43. The highest BCUT2D eigenvalue weighted by Crippen LogP contribution is 2.31. The highest BCUT2D eigenvalue weighted by molar-refractivity contribution is 5.71. The molecule has 19 heavy (non-hydrogen) atoms. The third-order valence-electron chi connectivity index (χ3n) is 3.85. The summed E-state index contributed by atoms with van der Waals surface area (Å²) >= 11 is 0. The van der Waals surface area contributed by atoms with Gasteiger partial charge < -0.3 is 5.11 Å². The molecule has 0 atom stereocenters. The first-order chi connectivity index (χ1) is 9.09. The minimum atomic E-state index is -0.0795. The molecule has 2 aromatic rings. The van der Waals surface area contributed by atoms with E-state index >= 15 is 0 Å². The first kappa shape index (κ1) is 12.1. The SMILES string of the molecule is Cc1ccc(-c2c(O)n3n(c2=O)CCCC3)c(C)c1. The summed E-state index contributed by atoms with van der Waals surface area (Å²) in [5.74, 6) is 0.108. The largest absolute Gasteiger partial charge is 0.493 e. The molecule has 0 amide bonds. The van der Waals surface area contributed by atoms with Crippen LogP contribution in [0.4, 0.5) is 0 Å². The number of aromatic hydroxyl groups is 1. The van der Waals surface area contributed by atoms with E-state index in [4.69, 9.17) is 0 Å². The van der Waals surface area contributed by atoms with Crippen molar-refractivity contribution in [3.8, 4) is 17.0 Å². The van der Waals surface area contributed by atoms with Crippen molar-refractivity contribution in [3.63, 3.8) is 0 Å². The molecule has 0 saturated carbocycles. The van der Waals surface area contributed by atoms with E-state index in [1.807, 2.05) is 32.0 Å². The lowest BCUT2D eigenvalue weighted by Crippen LogP contribution is -2.27. The molecule has 0 bridgehead atoms. The summed E-state index contributed by atoms with van der Waals surface area (Å²) in [6, 6.07) is 5.94. The van der Waals surface area contributed by atoms with Crippen LogP contribution in [0.25, 0.3) is 11.1 Å². The van der Waals surface area contributed by atoms with Crippen molar-refractivity contribution in [2.24, 2.45) is 0 Å². The van der Waals surface area contributed by atoms with Crippen LogP contribution < -0.4 is 5.56 Å². The molecular weight excluding hydrogens is 240 g/mol. The van der Waals surface area contributed by atoms with Gasteiger partial charge in [-0.2, -0.15) is 0 Å². The molecule has 4 heteroatoms. The van der Waals surface area contributed by atoms with E-state index in [9.17, 15) is 9.90 Å². The van der Waals surface area contributed by atoms with E-state index in [1.54, 1.807) is 9.36 Å². The van der Waals surface area contributed by atoms with E-state index < -0.39 is 0 Å². The Morgan fingerprint density at radius 3 is 2.42 bits per heavy atom. The van der Waals surface area contributed by atoms with Crippen molar-refractivity contribution in [1.82, 2.24) is 9.36 Å². The van der Waals surface area contributed by atoms with Gasteiger partial charge in [-0.15, -0.1) is 0 Å². The maximum Gasteiger partial charge on any atom is 0.278 e. The quantitative estimate of drug-likeness (QED) is 0.854. The molecule has 0 fully saturated rings. The molecular formula is C15H18N2O2. The van der Waals surface area contributed by atoms with E-state index in [2.05, 4.69) is 0 Å². The van der Waals surface area contributed by atoms with Crippen LogP contribution >= 0.6 is 0 Å². The minimum absolute atomic E-state index is 0.0795. The lowest BCUT2D eigenvalue weighted by atomic mass is 10.0. The van der Waals surface area contributed by atoms with Crippen molar-refractivity contribution >= 4 is 0 Å². The second kappa shape index (κ2) is 4.30. The molecule has 2 heterocycles. The highest BCUT2D eigenvalue weighted by Gasteiger charge is 2.23. The van der Waals surface area contributed by atoms with Gasteiger partial charge in [0.25, 0.3) is 5.56 Å². The van der Waals surface area contributed by atoms with Crippen molar-refractivity contribution in [1.29, 1.82) is 0 Å². The van der Waals surface area contributed by atoms with Crippen molar-refractivity contribution in [2.75, 3.05) is 0 Å². The number of hydrogen-bond donors (Lipinski definition) is 1. The molecule has 1 aromatic carbocycles. The zero-order valence-electron chi connectivity index (χ0n) is 11.3. The second-order valence-corrected chi connectivity index (χ2v) is 5.28. The summed E-state index contributed by atoms with van der Waals surface area (Å²) in [5, 5.41) is 10.3. The maximum atomic E-state index is 12.5. The van der Waals surface area contributed by atoms with Gasteiger partial charge in [0.15, 0.2) is 0 Å². The molecule has 0 spiro atoms. The Labute approximate surface area is 111 Å². The molecule has 1 N–H and O–H groups in total. The molecule has 1 aliphatic heterocycles. The highest BCUT2D eigenvalue weighted by atomic mass is 16.3. The van der Waals surface area contributed by atoms with Crippen molar-refractivity contribution in [3.05, 3.63) is 39.7 Å². The molecule has 1 aliphatic rings. The van der Waals surface area contributed by atoms with Crippen LogP contribution in [0, 0.1) is 13.8 Å². The fourth-order valence-corrected chi connectivity index (χ4v) is 2.88. The molecule has 0 aliphatic carbocycles. The van der Waals surface area contributed by atoms with Gasteiger partial charge in [0.2, 0.25) is 5.88 Å². The first-order valence-corrected chi connectivity index (χ1v) is 6.70. The second-order valence-electron chi connectivity index (χ2n) is 5.28.